The van der Waals surface area contributed by atoms with Crippen LogP contribution in [0.5, 0.6) is 0 Å². The standard InChI is InChI=1S/C16H27N3/c1-2-9-19(16-8-5-7-15(17)14-16)13-6-12-18-10-3-4-11-18/h5,7-8,14H,2-4,6,9-13,17H2,1H3. The Hall–Kier alpha value is -1.22. The molecule has 0 unspecified atom stereocenters. The maximum Gasteiger partial charge on any atom is 0.0386 e. The van der Waals surface area contributed by atoms with E-state index in [0.29, 0.717) is 0 Å². The van der Waals surface area contributed by atoms with Crippen LogP contribution in [0, 0.1) is 0 Å². The zero-order valence-electron chi connectivity index (χ0n) is 12.1. The molecule has 2 rings (SSSR count). The fraction of sp³-hybridized carbons (Fsp3) is 0.625. The normalized spacial score (nSPS) is 15.8. The summed E-state index contributed by atoms with van der Waals surface area (Å²) in [4.78, 5) is 5.05. The maximum absolute atomic E-state index is 5.89. The molecule has 0 atom stereocenters. The van der Waals surface area contributed by atoms with Gasteiger partial charge in [-0.3, -0.25) is 0 Å². The Morgan fingerprint density at radius 3 is 2.68 bits per heavy atom. The molecule has 3 heteroatoms. The number of benzene rings is 1. The van der Waals surface area contributed by atoms with Crippen molar-refractivity contribution in [2.75, 3.05) is 43.4 Å². The van der Waals surface area contributed by atoms with Crippen LogP contribution in [0.2, 0.25) is 0 Å². The van der Waals surface area contributed by atoms with E-state index in [0.717, 1.165) is 18.8 Å². The van der Waals surface area contributed by atoms with Crippen molar-refractivity contribution in [3.63, 3.8) is 0 Å². The molecular weight excluding hydrogens is 234 g/mol. The lowest BCUT2D eigenvalue weighted by Crippen LogP contribution is -2.29. The minimum atomic E-state index is 0.859. The molecule has 0 radical (unpaired) electrons. The quantitative estimate of drug-likeness (QED) is 0.766. The zero-order chi connectivity index (χ0) is 13.5. The van der Waals surface area contributed by atoms with E-state index in [-0.39, 0.29) is 0 Å². The predicted octanol–water partition coefficient (Wildman–Crippen LogP) is 2.97. The van der Waals surface area contributed by atoms with Crippen molar-refractivity contribution in [2.24, 2.45) is 0 Å². The van der Waals surface area contributed by atoms with E-state index in [2.05, 4.69) is 28.9 Å². The molecule has 1 aromatic rings. The van der Waals surface area contributed by atoms with E-state index in [4.69, 9.17) is 5.73 Å². The zero-order valence-corrected chi connectivity index (χ0v) is 12.1. The molecule has 1 aromatic carbocycles. The van der Waals surface area contributed by atoms with Gasteiger partial charge in [-0.2, -0.15) is 0 Å². The average Bonchev–Trinajstić information content (AvgIpc) is 2.91. The van der Waals surface area contributed by atoms with Crippen LogP contribution in [0.3, 0.4) is 0 Å². The van der Waals surface area contributed by atoms with E-state index >= 15 is 0 Å². The summed E-state index contributed by atoms with van der Waals surface area (Å²) in [6.45, 7) is 8.32. The van der Waals surface area contributed by atoms with Gasteiger partial charge < -0.3 is 15.5 Å². The SMILES string of the molecule is CCCN(CCCN1CCCC1)c1cccc(N)c1. The second-order valence-corrected chi connectivity index (χ2v) is 5.48. The highest BCUT2D eigenvalue weighted by Gasteiger charge is 2.12. The summed E-state index contributed by atoms with van der Waals surface area (Å²) in [5, 5.41) is 0. The van der Waals surface area contributed by atoms with Crippen LogP contribution in [0.4, 0.5) is 11.4 Å². The largest absolute Gasteiger partial charge is 0.399 e. The topological polar surface area (TPSA) is 32.5 Å². The summed E-state index contributed by atoms with van der Waals surface area (Å²) in [6.07, 6.45) is 5.19. The van der Waals surface area contributed by atoms with Crippen LogP contribution in [0.25, 0.3) is 0 Å². The van der Waals surface area contributed by atoms with Gasteiger partial charge in [-0.1, -0.05) is 13.0 Å². The summed E-state index contributed by atoms with van der Waals surface area (Å²) in [7, 11) is 0. The van der Waals surface area contributed by atoms with Crippen LogP contribution >= 0.6 is 0 Å². The molecule has 0 aromatic heterocycles. The van der Waals surface area contributed by atoms with Crippen LogP contribution in [-0.2, 0) is 0 Å². The second-order valence-electron chi connectivity index (χ2n) is 5.48. The van der Waals surface area contributed by atoms with Gasteiger partial charge in [0.2, 0.25) is 0 Å². The molecule has 0 bridgehead atoms. The van der Waals surface area contributed by atoms with Gasteiger partial charge in [-0.05, 0) is 63.5 Å². The predicted molar refractivity (Wildman–Crippen MR) is 83.6 cm³/mol. The fourth-order valence-corrected chi connectivity index (χ4v) is 2.85. The highest BCUT2D eigenvalue weighted by molar-refractivity contribution is 5.55. The van der Waals surface area contributed by atoms with Crippen molar-refractivity contribution in [3.8, 4) is 0 Å². The van der Waals surface area contributed by atoms with E-state index in [1.165, 1.54) is 51.0 Å². The van der Waals surface area contributed by atoms with Crippen LogP contribution in [0.15, 0.2) is 24.3 Å². The molecule has 0 saturated carbocycles. The number of likely N-dealkylation sites (tertiary alicyclic amines) is 1. The third-order valence-electron chi connectivity index (χ3n) is 3.83. The number of hydrogen-bond donors (Lipinski definition) is 1. The first-order chi connectivity index (χ1) is 9.29. The lowest BCUT2D eigenvalue weighted by Gasteiger charge is -2.26. The van der Waals surface area contributed by atoms with Gasteiger partial charge >= 0.3 is 0 Å². The van der Waals surface area contributed by atoms with E-state index in [1.54, 1.807) is 0 Å². The number of nitrogen functional groups attached to an aromatic ring is 1. The Kier molecular flexibility index (Phi) is 5.52. The summed E-state index contributed by atoms with van der Waals surface area (Å²) in [5.41, 5.74) is 8.01. The number of nitrogens with zero attached hydrogens (tertiary/aromatic N) is 2. The lowest BCUT2D eigenvalue weighted by molar-refractivity contribution is 0.334. The summed E-state index contributed by atoms with van der Waals surface area (Å²) < 4.78 is 0. The Morgan fingerprint density at radius 2 is 2.00 bits per heavy atom. The number of anilines is 2. The van der Waals surface area contributed by atoms with Crippen LogP contribution in [0.1, 0.15) is 32.6 Å². The Labute approximate surface area is 117 Å². The van der Waals surface area contributed by atoms with Gasteiger partial charge in [-0.15, -0.1) is 0 Å². The minimum Gasteiger partial charge on any atom is -0.399 e. The molecule has 1 saturated heterocycles. The van der Waals surface area contributed by atoms with Crippen LogP contribution < -0.4 is 10.6 Å². The molecule has 0 aliphatic carbocycles. The first kappa shape index (κ1) is 14.2. The summed E-state index contributed by atoms with van der Waals surface area (Å²) in [5.74, 6) is 0. The highest BCUT2D eigenvalue weighted by Crippen LogP contribution is 2.18. The third kappa shape index (κ3) is 4.43. The molecule has 106 valence electrons. The van der Waals surface area contributed by atoms with E-state index in [1.807, 2.05) is 12.1 Å². The lowest BCUT2D eigenvalue weighted by atomic mass is 10.2. The summed E-state index contributed by atoms with van der Waals surface area (Å²) >= 11 is 0. The van der Waals surface area contributed by atoms with Gasteiger partial charge in [0.15, 0.2) is 0 Å². The smallest absolute Gasteiger partial charge is 0.0386 e. The van der Waals surface area contributed by atoms with E-state index in [9.17, 15) is 0 Å². The molecule has 1 fully saturated rings. The van der Waals surface area contributed by atoms with Gasteiger partial charge in [-0.25, -0.2) is 0 Å². The second kappa shape index (κ2) is 7.39. The molecule has 19 heavy (non-hydrogen) atoms. The molecule has 1 aliphatic heterocycles. The molecule has 0 amide bonds. The minimum absolute atomic E-state index is 0.859. The monoisotopic (exact) mass is 261 g/mol. The number of rotatable bonds is 7. The molecule has 3 nitrogen and oxygen atoms in total. The molecule has 2 N–H and O–H groups in total. The number of hydrogen-bond acceptors (Lipinski definition) is 3. The fourth-order valence-electron chi connectivity index (χ4n) is 2.85. The molecule has 0 spiro atoms. The van der Waals surface area contributed by atoms with Gasteiger partial charge in [0.25, 0.3) is 0 Å². The van der Waals surface area contributed by atoms with Crippen molar-refractivity contribution in [3.05, 3.63) is 24.3 Å². The Bertz CT molecular complexity index is 372. The van der Waals surface area contributed by atoms with Gasteiger partial charge in [0.05, 0.1) is 0 Å². The molecule has 1 aliphatic rings. The van der Waals surface area contributed by atoms with Gasteiger partial charge in [0.1, 0.15) is 0 Å². The van der Waals surface area contributed by atoms with Crippen molar-refractivity contribution >= 4 is 11.4 Å². The first-order valence-corrected chi connectivity index (χ1v) is 7.62. The van der Waals surface area contributed by atoms with Crippen molar-refractivity contribution in [1.82, 2.24) is 4.90 Å². The van der Waals surface area contributed by atoms with Gasteiger partial charge in [0, 0.05) is 24.5 Å². The summed E-state index contributed by atoms with van der Waals surface area (Å²) in [6, 6.07) is 8.26. The molecular formula is C16H27N3. The Balaban J connectivity index is 1.84. The van der Waals surface area contributed by atoms with Crippen LogP contribution in [-0.4, -0.2) is 37.6 Å². The highest BCUT2D eigenvalue weighted by atomic mass is 15.2. The van der Waals surface area contributed by atoms with Crippen molar-refractivity contribution in [1.29, 1.82) is 0 Å². The van der Waals surface area contributed by atoms with Crippen molar-refractivity contribution in [2.45, 2.75) is 32.6 Å². The molecule has 1 heterocycles. The Morgan fingerprint density at radius 1 is 1.21 bits per heavy atom. The number of nitrogens with two attached hydrogens (primary N) is 1. The first-order valence-electron chi connectivity index (χ1n) is 7.62. The maximum atomic E-state index is 5.89. The third-order valence-corrected chi connectivity index (χ3v) is 3.83. The van der Waals surface area contributed by atoms with Crippen molar-refractivity contribution < 1.29 is 0 Å². The average molecular weight is 261 g/mol. The van der Waals surface area contributed by atoms with E-state index < -0.39 is 0 Å².